The smallest absolute Gasteiger partial charge is 0.309 e. The molecule has 5 heteroatoms. The predicted molar refractivity (Wildman–Crippen MR) is 101 cm³/mol. The Morgan fingerprint density at radius 1 is 1.26 bits per heavy atom. The molecule has 1 fully saturated rings. The van der Waals surface area contributed by atoms with Crippen LogP contribution in [0.25, 0.3) is 17.2 Å². The van der Waals surface area contributed by atoms with E-state index < -0.39 is 24.0 Å². The molecule has 142 valence electrons. The normalized spacial score (nSPS) is 20.1. The first kappa shape index (κ1) is 19.3. The summed E-state index contributed by atoms with van der Waals surface area (Å²) in [4.78, 5) is 11.5. The van der Waals surface area contributed by atoms with Crippen LogP contribution in [-0.2, 0) is 16.1 Å². The highest BCUT2D eigenvalue weighted by Gasteiger charge is 2.25. The molecule has 2 N–H and O–H groups in total. The van der Waals surface area contributed by atoms with Crippen LogP contribution >= 0.6 is 0 Å². The van der Waals surface area contributed by atoms with Crippen molar-refractivity contribution in [2.75, 3.05) is 0 Å². The number of rotatable bonds is 4. The molecule has 0 unspecified atom stereocenters. The van der Waals surface area contributed by atoms with Crippen molar-refractivity contribution in [3.05, 3.63) is 64.5 Å². The van der Waals surface area contributed by atoms with E-state index in [1.165, 1.54) is 6.07 Å². The van der Waals surface area contributed by atoms with Crippen LogP contribution in [0.2, 0.25) is 0 Å². The van der Waals surface area contributed by atoms with Crippen LogP contribution in [0.5, 0.6) is 0 Å². The molecule has 0 amide bonds. The van der Waals surface area contributed by atoms with Crippen LogP contribution in [0.4, 0.5) is 4.39 Å². The molecular weight excluding hydrogens is 347 g/mol. The van der Waals surface area contributed by atoms with Crippen molar-refractivity contribution in [1.82, 2.24) is 0 Å². The zero-order chi connectivity index (χ0) is 19.6. The van der Waals surface area contributed by atoms with Crippen LogP contribution in [0.1, 0.15) is 35.1 Å². The van der Waals surface area contributed by atoms with Gasteiger partial charge in [-0.2, -0.15) is 0 Å². The Kier molecular flexibility index (Phi) is 5.73. The van der Waals surface area contributed by atoms with E-state index in [0.717, 1.165) is 27.8 Å². The molecule has 2 aromatic rings. The lowest BCUT2D eigenvalue weighted by Gasteiger charge is -2.23. The third-order valence-electron chi connectivity index (χ3n) is 4.73. The highest BCUT2D eigenvalue weighted by molar-refractivity contribution is 5.78. The number of esters is 1. The first-order valence-electron chi connectivity index (χ1n) is 8.94. The van der Waals surface area contributed by atoms with Gasteiger partial charge in [-0.05, 0) is 54.3 Å². The number of hydrogen-bond donors (Lipinski definition) is 2. The van der Waals surface area contributed by atoms with Gasteiger partial charge in [0.15, 0.2) is 0 Å². The standard InChI is InChI=1S/C22H23FO4/c1-13-7-14(2)19(5-4-18-10-17(25)11-22(26)27-18)20(8-13)15-3-6-21(23)16(9-15)12-24/h3-9,17-18,24-25H,10-12H2,1-2H3/b5-4+/t17-,18-/m0/s1. The largest absolute Gasteiger partial charge is 0.458 e. The maximum absolute atomic E-state index is 13.8. The lowest BCUT2D eigenvalue weighted by Crippen LogP contribution is -2.31. The topological polar surface area (TPSA) is 66.8 Å². The third-order valence-corrected chi connectivity index (χ3v) is 4.73. The molecule has 27 heavy (non-hydrogen) atoms. The van der Waals surface area contributed by atoms with Gasteiger partial charge in [0.2, 0.25) is 0 Å². The van der Waals surface area contributed by atoms with Crippen LogP contribution < -0.4 is 0 Å². The fourth-order valence-electron chi connectivity index (χ4n) is 3.43. The van der Waals surface area contributed by atoms with Crippen molar-refractivity contribution >= 4 is 12.0 Å². The van der Waals surface area contributed by atoms with E-state index in [2.05, 4.69) is 0 Å². The summed E-state index contributed by atoms with van der Waals surface area (Å²) in [6, 6.07) is 8.73. The van der Waals surface area contributed by atoms with Crippen molar-refractivity contribution in [2.45, 2.75) is 45.5 Å². The Morgan fingerprint density at radius 3 is 2.74 bits per heavy atom. The molecule has 0 aliphatic carbocycles. The quantitative estimate of drug-likeness (QED) is 0.806. The lowest BCUT2D eigenvalue weighted by molar-refractivity contribution is -0.156. The van der Waals surface area contributed by atoms with E-state index in [-0.39, 0.29) is 18.6 Å². The fraction of sp³-hybridized carbons (Fsp3) is 0.318. The van der Waals surface area contributed by atoms with Crippen LogP contribution in [0, 0.1) is 19.7 Å². The Hall–Kier alpha value is -2.50. The molecule has 1 aliphatic heterocycles. The minimum Gasteiger partial charge on any atom is -0.458 e. The van der Waals surface area contributed by atoms with Crippen molar-refractivity contribution < 1.29 is 24.1 Å². The molecule has 0 saturated carbocycles. The highest BCUT2D eigenvalue weighted by Crippen LogP contribution is 2.31. The summed E-state index contributed by atoms with van der Waals surface area (Å²) in [5.74, 6) is -0.846. The molecule has 1 saturated heterocycles. The summed E-state index contributed by atoms with van der Waals surface area (Å²) in [6.07, 6.45) is 2.88. The number of hydrogen-bond acceptors (Lipinski definition) is 4. The molecule has 0 radical (unpaired) electrons. The summed E-state index contributed by atoms with van der Waals surface area (Å²) in [5, 5.41) is 19.1. The molecule has 4 nitrogen and oxygen atoms in total. The number of benzene rings is 2. The number of ether oxygens (including phenoxy) is 1. The molecule has 0 spiro atoms. The van der Waals surface area contributed by atoms with Crippen LogP contribution in [0.15, 0.2) is 36.4 Å². The van der Waals surface area contributed by atoms with Crippen LogP contribution in [-0.4, -0.2) is 28.4 Å². The molecule has 1 heterocycles. The average Bonchev–Trinajstić information content (AvgIpc) is 2.60. The number of aryl methyl sites for hydroxylation is 2. The Labute approximate surface area is 157 Å². The van der Waals surface area contributed by atoms with Gasteiger partial charge in [-0.25, -0.2) is 4.39 Å². The maximum atomic E-state index is 13.8. The van der Waals surface area contributed by atoms with Gasteiger partial charge in [0.1, 0.15) is 11.9 Å². The van der Waals surface area contributed by atoms with Crippen molar-refractivity contribution in [3.8, 4) is 11.1 Å². The Bertz CT molecular complexity index is 888. The number of aliphatic hydroxyl groups excluding tert-OH is 2. The maximum Gasteiger partial charge on any atom is 0.309 e. The molecule has 0 aromatic heterocycles. The number of aliphatic hydroxyl groups is 2. The van der Waals surface area contributed by atoms with E-state index in [1.807, 2.05) is 32.1 Å². The van der Waals surface area contributed by atoms with Gasteiger partial charge in [-0.15, -0.1) is 0 Å². The van der Waals surface area contributed by atoms with Crippen molar-refractivity contribution in [1.29, 1.82) is 0 Å². The minimum absolute atomic E-state index is 0.0265. The average molecular weight is 370 g/mol. The Balaban J connectivity index is 2.00. The zero-order valence-electron chi connectivity index (χ0n) is 15.4. The van der Waals surface area contributed by atoms with Crippen molar-refractivity contribution in [2.24, 2.45) is 0 Å². The molecule has 1 aliphatic rings. The molecular formula is C22H23FO4. The third kappa shape index (κ3) is 4.43. The summed E-state index contributed by atoms with van der Waals surface area (Å²) in [7, 11) is 0. The van der Waals surface area contributed by atoms with Gasteiger partial charge in [0.05, 0.1) is 19.1 Å². The highest BCUT2D eigenvalue weighted by atomic mass is 19.1. The SMILES string of the molecule is Cc1cc(C)c(/C=C/[C@H]2C[C@H](O)CC(=O)O2)c(-c2ccc(F)c(CO)c2)c1. The van der Waals surface area contributed by atoms with E-state index in [0.29, 0.717) is 6.42 Å². The van der Waals surface area contributed by atoms with Crippen LogP contribution in [0.3, 0.4) is 0 Å². The summed E-state index contributed by atoms with van der Waals surface area (Å²) >= 11 is 0. The zero-order valence-corrected chi connectivity index (χ0v) is 15.4. The summed E-state index contributed by atoms with van der Waals surface area (Å²) < 4.78 is 19.0. The van der Waals surface area contributed by atoms with Gasteiger partial charge in [0.25, 0.3) is 0 Å². The van der Waals surface area contributed by atoms with E-state index >= 15 is 0 Å². The lowest BCUT2D eigenvalue weighted by atomic mass is 9.92. The van der Waals surface area contributed by atoms with Gasteiger partial charge in [-0.3, -0.25) is 4.79 Å². The molecule has 0 bridgehead atoms. The number of halogens is 1. The second-order valence-electron chi connectivity index (χ2n) is 6.99. The van der Waals surface area contributed by atoms with E-state index in [4.69, 9.17) is 4.74 Å². The molecule has 2 atom stereocenters. The fourth-order valence-corrected chi connectivity index (χ4v) is 3.43. The van der Waals surface area contributed by atoms with E-state index in [1.54, 1.807) is 18.2 Å². The monoisotopic (exact) mass is 370 g/mol. The second kappa shape index (κ2) is 8.03. The second-order valence-corrected chi connectivity index (χ2v) is 6.99. The first-order valence-corrected chi connectivity index (χ1v) is 8.94. The minimum atomic E-state index is -0.691. The van der Waals surface area contributed by atoms with Gasteiger partial charge in [-0.1, -0.05) is 29.8 Å². The first-order chi connectivity index (χ1) is 12.9. The summed E-state index contributed by atoms with van der Waals surface area (Å²) in [5.41, 5.74) is 4.96. The van der Waals surface area contributed by atoms with Gasteiger partial charge in [0, 0.05) is 12.0 Å². The molecule has 3 rings (SSSR count). The Morgan fingerprint density at radius 2 is 2.04 bits per heavy atom. The van der Waals surface area contributed by atoms with Crippen molar-refractivity contribution in [3.63, 3.8) is 0 Å². The number of carbonyl (C=O) groups is 1. The summed E-state index contributed by atoms with van der Waals surface area (Å²) in [6.45, 7) is 3.60. The van der Waals surface area contributed by atoms with Gasteiger partial charge < -0.3 is 14.9 Å². The number of cyclic esters (lactones) is 1. The predicted octanol–water partition coefficient (Wildman–Crippen LogP) is 3.68. The van der Waals surface area contributed by atoms with Gasteiger partial charge >= 0.3 is 5.97 Å². The van der Waals surface area contributed by atoms with E-state index in [9.17, 15) is 19.4 Å². The molecule has 2 aromatic carbocycles. The number of carbonyl (C=O) groups excluding carboxylic acids is 1.